The summed E-state index contributed by atoms with van der Waals surface area (Å²) in [6, 6.07) is 13.0. The molecule has 4 rings (SSSR count). The third-order valence-corrected chi connectivity index (χ3v) is 5.20. The van der Waals surface area contributed by atoms with E-state index in [2.05, 4.69) is 4.98 Å². The van der Waals surface area contributed by atoms with Crippen molar-refractivity contribution in [1.29, 1.82) is 0 Å². The third-order valence-electron chi connectivity index (χ3n) is 4.95. The Labute approximate surface area is 162 Å². The van der Waals surface area contributed by atoms with Crippen molar-refractivity contribution in [2.45, 2.75) is 25.4 Å². The first-order chi connectivity index (χ1) is 13.1. The number of aromatic nitrogens is 1. The minimum atomic E-state index is 0.0147. The molecule has 5 nitrogen and oxygen atoms in total. The highest BCUT2D eigenvalue weighted by atomic mass is 35.5. The number of rotatable bonds is 4. The van der Waals surface area contributed by atoms with Gasteiger partial charge in [-0.05, 0) is 48.7 Å². The maximum atomic E-state index is 12.8. The van der Waals surface area contributed by atoms with Gasteiger partial charge in [0.25, 0.3) is 5.91 Å². The Morgan fingerprint density at radius 1 is 1.30 bits per heavy atom. The predicted molar refractivity (Wildman–Crippen MR) is 104 cm³/mol. The number of fused-ring (bicyclic) bond motifs is 1. The van der Waals surface area contributed by atoms with Crippen LogP contribution in [0.4, 0.5) is 0 Å². The lowest BCUT2D eigenvalue weighted by Crippen LogP contribution is -2.42. The van der Waals surface area contributed by atoms with Crippen LogP contribution in [0.2, 0.25) is 5.02 Å². The molecular weight excluding hydrogens is 364 g/mol. The molecule has 2 aromatic carbocycles. The number of carbonyl (C=O) groups is 1. The highest BCUT2D eigenvalue weighted by Crippen LogP contribution is 2.22. The minimum absolute atomic E-state index is 0.0147. The smallest absolute Gasteiger partial charge is 0.254 e. The number of benzene rings is 2. The molecule has 140 valence electrons. The lowest BCUT2D eigenvalue weighted by molar-refractivity contribution is 0.0269. The fourth-order valence-electron chi connectivity index (χ4n) is 3.46. The lowest BCUT2D eigenvalue weighted by atomic mass is 10.1. The van der Waals surface area contributed by atoms with E-state index in [4.69, 9.17) is 20.8 Å². The van der Waals surface area contributed by atoms with Crippen LogP contribution in [0.3, 0.4) is 0 Å². The fraction of sp³-hybridized carbons (Fsp3) is 0.333. The molecule has 0 bridgehead atoms. The SMILES string of the molecule is CO[C@H]1CCCN(C(=O)c2ccc3oc(Cc4ccc(Cl)cc4)nc3c2)C1. The average Bonchev–Trinajstić information content (AvgIpc) is 3.10. The molecule has 1 atom stereocenters. The highest BCUT2D eigenvalue weighted by Gasteiger charge is 2.24. The molecule has 1 aliphatic heterocycles. The number of amides is 1. The standard InChI is InChI=1S/C21H21ClN2O3/c1-26-17-3-2-10-24(13-17)21(25)15-6-9-19-18(12-15)23-20(27-19)11-14-4-7-16(22)8-5-14/h4-9,12,17H,2-3,10-11,13H2,1H3/t17-/m0/s1. The van der Waals surface area contributed by atoms with Crippen molar-refractivity contribution in [3.8, 4) is 0 Å². The molecule has 0 unspecified atom stereocenters. The molecule has 1 fully saturated rings. The van der Waals surface area contributed by atoms with Crippen LogP contribution >= 0.6 is 11.6 Å². The summed E-state index contributed by atoms with van der Waals surface area (Å²) in [6.07, 6.45) is 2.65. The van der Waals surface area contributed by atoms with E-state index in [0.717, 1.165) is 24.9 Å². The van der Waals surface area contributed by atoms with Crippen LogP contribution in [0.25, 0.3) is 11.1 Å². The monoisotopic (exact) mass is 384 g/mol. The fourth-order valence-corrected chi connectivity index (χ4v) is 3.58. The summed E-state index contributed by atoms with van der Waals surface area (Å²) in [5, 5.41) is 0.702. The van der Waals surface area contributed by atoms with E-state index < -0.39 is 0 Å². The maximum absolute atomic E-state index is 12.8. The zero-order chi connectivity index (χ0) is 18.8. The van der Waals surface area contributed by atoms with Gasteiger partial charge in [0.15, 0.2) is 11.5 Å². The van der Waals surface area contributed by atoms with Gasteiger partial charge < -0.3 is 14.1 Å². The molecule has 0 radical (unpaired) electrons. The quantitative estimate of drug-likeness (QED) is 0.672. The second-order valence-electron chi connectivity index (χ2n) is 6.84. The van der Waals surface area contributed by atoms with Crippen molar-refractivity contribution in [2.75, 3.05) is 20.2 Å². The molecule has 1 aromatic heterocycles. The number of carbonyl (C=O) groups excluding carboxylic acids is 1. The van der Waals surface area contributed by atoms with Crippen molar-refractivity contribution in [3.63, 3.8) is 0 Å². The molecule has 6 heteroatoms. The van der Waals surface area contributed by atoms with Gasteiger partial charge in [-0.1, -0.05) is 23.7 Å². The molecule has 27 heavy (non-hydrogen) atoms. The summed E-state index contributed by atoms with van der Waals surface area (Å²) in [4.78, 5) is 19.2. The van der Waals surface area contributed by atoms with Gasteiger partial charge >= 0.3 is 0 Å². The van der Waals surface area contributed by atoms with Crippen LogP contribution in [-0.2, 0) is 11.2 Å². The Bertz CT molecular complexity index is 952. The Balaban J connectivity index is 1.53. The molecule has 0 spiro atoms. The van der Waals surface area contributed by atoms with Crippen LogP contribution < -0.4 is 0 Å². The Morgan fingerprint density at radius 2 is 2.11 bits per heavy atom. The number of halogens is 1. The largest absolute Gasteiger partial charge is 0.440 e. The van der Waals surface area contributed by atoms with E-state index in [1.54, 1.807) is 13.2 Å². The van der Waals surface area contributed by atoms with Gasteiger partial charge in [0, 0.05) is 37.2 Å². The van der Waals surface area contributed by atoms with Crippen molar-refractivity contribution in [3.05, 3.63) is 64.5 Å². The molecule has 1 saturated heterocycles. The van der Waals surface area contributed by atoms with Crippen molar-refractivity contribution in [1.82, 2.24) is 9.88 Å². The van der Waals surface area contributed by atoms with Gasteiger partial charge in [-0.3, -0.25) is 4.79 Å². The van der Waals surface area contributed by atoms with Crippen molar-refractivity contribution in [2.24, 2.45) is 0 Å². The van der Waals surface area contributed by atoms with E-state index >= 15 is 0 Å². The van der Waals surface area contributed by atoms with Crippen LogP contribution in [0.15, 0.2) is 46.9 Å². The number of oxazole rings is 1. The summed E-state index contributed by atoms with van der Waals surface area (Å²) in [5.74, 6) is 0.634. The summed E-state index contributed by atoms with van der Waals surface area (Å²) < 4.78 is 11.2. The highest BCUT2D eigenvalue weighted by molar-refractivity contribution is 6.30. The summed E-state index contributed by atoms with van der Waals surface area (Å²) in [5.41, 5.74) is 3.08. The maximum Gasteiger partial charge on any atom is 0.254 e. The van der Waals surface area contributed by atoms with E-state index in [1.807, 2.05) is 41.3 Å². The molecule has 0 aliphatic carbocycles. The van der Waals surface area contributed by atoms with Gasteiger partial charge in [0.1, 0.15) is 5.52 Å². The molecule has 2 heterocycles. The number of likely N-dealkylation sites (tertiary alicyclic amines) is 1. The van der Waals surface area contributed by atoms with Gasteiger partial charge in [0.2, 0.25) is 0 Å². The minimum Gasteiger partial charge on any atom is -0.440 e. The molecule has 3 aromatic rings. The van der Waals surface area contributed by atoms with Crippen LogP contribution in [0, 0.1) is 0 Å². The van der Waals surface area contributed by atoms with Gasteiger partial charge in [0.05, 0.1) is 6.10 Å². The second-order valence-corrected chi connectivity index (χ2v) is 7.28. The van der Waals surface area contributed by atoms with Crippen LogP contribution in [0.1, 0.15) is 34.7 Å². The van der Waals surface area contributed by atoms with E-state index in [0.29, 0.717) is 40.5 Å². The molecular formula is C21H21ClN2O3. The number of nitrogens with zero attached hydrogens (tertiary/aromatic N) is 2. The summed E-state index contributed by atoms with van der Waals surface area (Å²) >= 11 is 5.93. The summed E-state index contributed by atoms with van der Waals surface area (Å²) in [7, 11) is 1.70. The Hall–Kier alpha value is -2.37. The number of hydrogen-bond donors (Lipinski definition) is 0. The first kappa shape index (κ1) is 18.0. The zero-order valence-corrected chi connectivity index (χ0v) is 15.9. The number of methoxy groups -OCH3 is 1. The first-order valence-corrected chi connectivity index (χ1v) is 9.46. The van der Waals surface area contributed by atoms with E-state index in [9.17, 15) is 4.79 Å². The van der Waals surface area contributed by atoms with Crippen LogP contribution in [-0.4, -0.2) is 42.1 Å². The van der Waals surface area contributed by atoms with Crippen LogP contribution in [0.5, 0.6) is 0 Å². The van der Waals surface area contributed by atoms with E-state index in [-0.39, 0.29) is 12.0 Å². The number of piperidine rings is 1. The summed E-state index contributed by atoms with van der Waals surface area (Å²) in [6.45, 7) is 1.39. The normalized spacial score (nSPS) is 17.4. The second kappa shape index (κ2) is 7.71. The topological polar surface area (TPSA) is 55.6 Å². The van der Waals surface area contributed by atoms with Gasteiger partial charge in [-0.25, -0.2) is 4.98 Å². The molecule has 1 amide bonds. The Kier molecular flexibility index (Phi) is 5.14. The van der Waals surface area contributed by atoms with E-state index in [1.165, 1.54) is 0 Å². The molecule has 1 aliphatic rings. The van der Waals surface area contributed by atoms with Crippen molar-refractivity contribution >= 4 is 28.6 Å². The average molecular weight is 385 g/mol. The van der Waals surface area contributed by atoms with Gasteiger partial charge in [-0.2, -0.15) is 0 Å². The van der Waals surface area contributed by atoms with Crippen molar-refractivity contribution < 1.29 is 13.9 Å². The predicted octanol–water partition coefficient (Wildman–Crippen LogP) is 4.32. The molecule has 0 N–H and O–H groups in total. The first-order valence-electron chi connectivity index (χ1n) is 9.08. The number of ether oxygens (including phenoxy) is 1. The number of hydrogen-bond acceptors (Lipinski definition) is 4. The third kappa shape index (κ3) is 3.99. The Morgan fingerprint density at radius 3 is 2.89 bits per heavy atom. The van der Waals surface area contributed by atoms with Gasteiger partial charge in [-0.15, -0.1) is 0 Å². The lowest BCUT2D eigenvalue weighted by Gasteiger charge is -2.32. The zero-order valence-electron chi connectivity index (χ0n) is 15.2. The molecule has 0 saturated carbocycles.